The monoisotopic (exact) mass is 987 g/mol. The van der Waals surface area contributed by atoms with Gasteiger partial charge in [0.2, 0.25) is 0 Å². The van der Waals surface area contributed by atoms with Crippen LogP contribution in [0.1, 0.15) is 278 Å². The Labute approximate surface area is 438 Å². The minimum Gasteiger partial charge on any atom is -0.462 e. The molecule has 0 aromatic carbocycles. The predicted octanol–water partition coefficient (Wildman–Crippen LogP) is 20.1. The van der Waals surface area contributed by atoms with E-state index < -0.39 is 6.10 Å². The van der Waals surface area contributed by atoms with Crippen LogP contribution in [-0.4, -0.2) is 37.2 Å². The number of rotatable bonds is 53. The normalized spacial score (nSPS) is 12.8. The summed E-state index contributed by atoms with van der Waals surface area (Å²) in [6.45, 7) is 6.40. The van der Waals surface area contributed by atoms with Crippen LogP contribution in [0.5, 0.6) is 0 Å². The zero-order chi connectivity index (χ0) is 51.4. The molecule has 0 amide bonds. The fraction of sp³-hybridized carbons (Fsp3) is 0.708. The number of hydrogen-bond donors (Lipinski definition) is 0. The molecule has 0 heterocycles. The maximum Gasteiger partial charge on any atom is 0.306 e. The van der Waals surface area contributed by atoms with E-state index in [9.17, 15) is 14.4 Å². The molecule has 71 heavy (non-hydrogen) atoms. The lowest BCUT2D eigenvalue weighted by atomic mass is 10.1. The summed E-state index contributed by atoms with van der Waals surface area (Å²) in [5.74, 6) is -0.908. The quantitative estimate of drug-likeness (QED) is 0.0261. The summed E-state index contributed by atoms with van der Waals surface area (Å²) in [4.78, 5) is 38.2. The second-order valence-corrected chi connectivity index (χ2v) is 19.5. The van der Waals surface area contributed by atoms with E-state index in [2.05, 4.69) is 118 Å². The molecule has 0 bridgehead atoms. The molecule has 0 fully saturated rings. The van der Waals surface area contributed by atoms with E-state index in [1.807, 2.05) is 0 Å². The summed E-state index contributed by atoms with van der Waals surface area (Å²) in [7, 11) is 0. The molecule has 0 saturated heterocycles. The molecule has 0 aliphatic carbocycles. The predicted molar refractivity (Wildman–Crippen MR) is 307 cm³/mol. The van der Waals surface area contributed by atoms with Crippen LogP contribution in [0.3, 0.4) is 0 Å². The van der Waals surface area contributed by atoms with Crippen molar-refractivity contribution in [1.29, 1.82) is 0 Å². The molecule has 6 nitrogen and oxygen atoms in total. The van der Waals surface area contributed by atoms with E-state index in [1.54, 1.807) is 0 Å². The van der Waals surface area contributed by atoms with Crippen LogP contribution in [0.4, 0.5) is 0 Å². The minimum atomic E-state index is -0.791. The first kappa shape index (κ1) is 67.3. The Hall–Kier alpha value is -3.67. The molecule has 0 aromatic rings. The van der Waals surface area contributed by atoms with Gasteiger partial charge < -0.3 is 14.2 Å². The molecule has 0 rings (SSSR count). The second-order valence-electron chi connectivity index (χ2n) is 19.5. The Morgan fingerprint density at radius 2 is 0.549 bits per heavy atom. The summed E-state index contributed by atoms with van der Waals surface area (Å²) in [5.41, 5.74) is 0. The van der Waals surface area contributed by atoms with Crippen LogP contribution in [-0.2, 0) is 28.6 Å². The number of unbranched alkanes of at least 4 members (excludes halogenated alkanes) is 26. The maximum absolute atomic E-state index is 12.9. The summed E-state index contributed by atoms with van der Waals surface area (Å²) >= 11 is 0. The average molecular weight is 988 g/mol. The average Bonchev–Trinajstić information content (AvgIpc) is 3.37. The molecule has 6 heteroatoms. The van der Waals surface area contributed by atoms with Crippen LogP contribution < -0.4 is 0 Å². The molecule has 0 aliphatic heterocycles. The van der Waals surface area contributed by atoms with Crippen molar-refractivity contribution in [1.82, 2.24) is 0 Å². The van der Waals surface area contributed by atoms with E-state index in [0.717, 1.165) is 122 Å². The van der Waals surface area contributed by atoms with Gasteiger partial charge in [-0.3, -0.25) is 14.4 Å². The van der Waals surface area contributed by atoms with Gasteiger partial charge in [-0.2, -0.15) is 0 Å². The summed E-state index contributed by atoms with van der Waals surface area (Å²) < 4.78 is 16.9. The van der Waals surface area contributed by atoms with E-state index in [4.69, 9.17) is 14.2 Å². The van der Waals surface area contributed by atoms with Gasteiger partial charge in [-0.1, -0.05) is 240 Å². The van der Waals surface area contributed by atoms with Crippen LogP contribution in [0.15, 0.2) is 97.2 Å². The largest absolute Gasteiger partial charge is 0.462 e. The van der Waals surface area contributed by atoms with Crippen molar-refractivity contribution >= 4 is 17.9 Å². The Balaban J connectivity index is 4.41. The van der Waals surface area contributed by atoms with Crippen molar-refractivity contribution in [3.63, 3.8) is 0 Å². The molecular weight excluding hydrogens is 877 g/mol. The number of esters is 3. The lowest BCUT2D eigenvalue weighted by molar-refractivity contribution is -0.167. The third-order valence-electron chi connectivity index (χ3n) is 12.6. The molecule has 1 atom stereocenters. The van der Waals surface area contributed by atoms with Gasteiger partial charge in [0.1, 0.15) is 13.2 Å². The zero-order valence-corrected chi connectivity index (χ0v) is 46.5. The Kier molecular flexibility index (Phi) is 55.9. The highest BCUT2D eigenvalue weighted by Crippen LogP contribution is 2.15. The van der Waals surface area contributed by atoms with Crippen molar-refractivity contribution in [2.75, 3.05) is 13.2 Å². The highest BCUT2D eigenvalue weighted by atomic mass is 16.6. The fourth-order valence-electron chi connectivity index (χ4n) is 8.15. The lowest BCUT2D eigenvalue weighted by Gasteiger charge is -2.18. The van der Waals surface area contributed by atoms with Gasteiger partial charge in [0.25, 0.3) is 0 Å². The van der Waals surface area contributed by atoms with E-state index in [0.29, 0.717) is 19.3 Å². The molecule has 0 aliphatic rings. The third kappa shape index (κ3) is 57.1. The van der Waals surface area contributed by atoms with Gasteiger partial charge in [0, 0.05) is 19.3 Å². The molecule has 406 valence electrons. The number of ether oxygens (including phenoxy) is 3. The van der Waals surface area contributed by atoms with Gasteiger partial charge in [0.05, 0.1) is 0 Å². The Bertz CT molecular complexity index is 1410. The van der Waals surface area contributed by atoms with Gasteiger partial charge in [-0.25, -0.2) is 0 Å². The minimum absolute atomic E-state index is 0.0884. The highest BCUT2D eigenvalue weighted by Gasteiger charge is 2.19. The molecule has 0 aromatic heterocycles. The van der Waals surface area contributed by atoms with E-state index in [-0.39, 0.29) is 31.1 Å². The number of hydrogen-bond acceptors (Lipinski definition) is 6. The molecule has 0 N–H and O–H groups in total. The number of carbonyl (C=O) groups is 3. The first-order valence-electron chi connectivity index (χ1n) is 29.7. The standard InChI is InChI=1S/C65H110O6/c1-4-7-10-13-16-19-22-25-28-30-31-32-33-35-37-40-43-46-49-52-55-58-64(67)70-61-62(60-69-63(66)57-54-51-48-45-42-39-36-27-24-21-18-15-12-9-6-3)71-65(68)59-56-53-50-47-44-41-38-34-29-26-23-20-17-14-11-8-5-2/h7-8,10-11,16-17,19-20,25-29,31-32,36,62H,4-6,9,12-15,18,21-24,30,33-35,37-61H2,1-3H3/b10-7-,11-8-,19-16-,20-17-,28-25-,29-26-,32-31-,36-27-. The molecule has 0 radical (unpaired) electrons. The Morgan fingerprint density at radius 3 is 0.873 bits per heavy atom. The fourth-order valence-corrected chi connectivity index (χ4v) is 8.15. The maximum atomic E-state index is 12.9. The highest BCUT2D eigenvalue weighted by molar-refractivity contribution is 5.71. The van der Waals surface area contributed by atoms with Gasteiger partial charge in [0.15, 0.2) is 6.10 Å². The van der Waals surface area contributed by atoms with Crippen molar-refractivity contribution in [2.24, 2.45) is 0 Å². The van der Waals surface area contributed by atoms with Crippen LogP contribution in [0.2, 0.25) is 0 Å². The molecule has 0 saturated carbocycles. The van der Waals surface area contributed by atoms with Gasteiger partial charge >= 0.3 is 17.9 Å². The summed E-state index contributed by atoms with van der Waals surface area (Å²) in [5, 5.41) is 0. The zero-order valence-electron chi connectivity index (χ0n) is 46.5. The van der Waals surface area contributed by atoms with Crippen LogP contribution in [0.25, 0.3) is 0 Å². The smallest absolute Gasteiger partial charge is 0.306 e. The SMILES string of the molecule is CC/C=C\C/C=C\C/C=C\C/C=C\CCCCCCCCCCC(=O)OCC(COC(=O)CCCCCCC/C=C\CCCCCCCC)OC(=O)CCCCCCCCC/C=C\C/C=C\C/C=C\CC. The number of carbonyl (C=O) groups excluding carboxylic acids is 3. The van der Waals surface area contributed by atoms with E-state index in [1.165, 1.54) is 116 Å². The molecular formula is C65H110O6. The first-order chi connectivity index (χ1) is 35.0. The first-order valence-corrected chi connectivity index (χ1v) is 29.7. The summed E-state index contributed by atoms with van der Waals surface area (Å²) in [6.07, 6.45) is 78.2. The lowest BCUT2D eigenvalue weighted by Crippen LogP contribution is -2.30. The van der Waals surface area contributed by atoms with Crippen molar-refractivity contribution in [3.05, 3.63) is 97.2 Å². The van der Waals surface area contributed by atoms with Gasteiger partial charge in [-0.15, -0.1) is 0 Å². The van der Waals surface area contributed by atoms with Crippen molar-refractivity contribution in [3.8, 4) is 0 Å². The second kappa shape index (κ2) is 58.9. The topological polar surface area (TPSA) is 78.9 Å². The number of allylic oxidation sites excluding steroid dienone is 16. The van der Waals surface area contributed by atoms with Crippen LogP contribution >= 0.6 is 0 Å². The Morgan fingerprint density at radius 1 is 0.296 bits per heavy atom. The summed E-state index contributed by atoms with van der Waals surface area (Å²) in [6, 6.07) is 0. The van der Waals surface area contributed by atoms with Crippen molar-refractivity contribution < 1.29 is 28.6 Å². The van der Waals surface area contributed by atoms with Crippen LogP contribution in [0, 0.1) is 0 Å². The molecule has 0 spiro atoms. The third-order valence-corrected chi connectivity index (χ3v) is 12.6. The molecule has 1 unspecified atom stereocenters. The van der Waals surface area contributed by atoms with Crippen molar-refractivity contribution in [2.45, 2.75) is 284 Å². The van der Waals surface area contributed by atoms with Gasteiger partial charge in [-0.05, 0) is 116 Å². The van der Waals surface area contributed by atoms with E-state index >= 15 is 0 Å².